The lowest BCUT2D eigenvalue weighted by Gasteiger charge is -2.26. The summed E-state index contributed by atoms with van der Waals surface area (Å²) in [5.74, 6) is -0.999. The molecule has 0 heterocycles. The molecule has 0 amide bonds. The molecule has 0 unspecified atom stereocenters. The standard InChI is InChI=1S/C10H15FN2O4S/c1-10(5-14,6-15)13-18(16,17)9-7(11)3-2-4-8(9)12/h2-4,13-15H,5-6,12H2,1H3. The van der Waals surface area contributed by atoms with Gasteiger partial charge in [-0.3, -0.25) is 0 Å². The van der Waals surface area contributed by atoms with E-state index in [1.807, 2.05) is 4.72 Å². The largest absolute Gasteiger partial charge is 0.398 e. The minimum atomic E-state index is -4.27. The molecule has 0 aliphatic rings. The topological polar surface area (TPSA) is 113 Å². The SMILES string of the molecule is CC(CO)(CO)NS(=O)(=O)c1c(N)cccc1F. The summed E-state index contributed by atoms with van der Waals surface area (Å²) in [6, 6.07) is 3.48. The highest BCUT2D eigenvalue weighted by Gasteiger charge is 2.32. The van der Waals surface area contributed by atoms with Gasteiger partial charge in [-0.2, -0.15) is 0 Å². The summed E-state index contributed by atoms with van der Waals surface area (Å²) in [6.45, 7) is -0.00421. The average molecular weight is 278 g/mol. The summed E-state index contributed by atoms with van der Waals surface area (Å²) in [5, 5.41) is 18.0. The van der Waals surface area contributed by atoms with Crippen LogP contribution in [0, 0.1) is 5.82 Å². The monoisotopic (exact) mass is 278 g/mol. The third-order valence-electron chi connectivity index (χ3n) is 2.34. The molecule has 0 aromatic heterocycles. The lowest BCUT2D eigenvalue weighted by atomic mass is 10.1. The minimum absolute atomic E-state index is 0.249. The number of aliphatic hydroxyl groups excluding tert-OH is 2. The van der Waals surface area contributed by atoms with Crippen LogP contribution in [0.5, 0.6) is 0 Å². The van der Waals surface area contributed by atoms with Crippen LogP contribution < -0.4 is 10.5 Å². The van der Waals surface area contributed by atoms with Crippen molar-refractivity contribution in [2.45, 2.75) is 17.4 Å². The highest BCUT2D eigenvalue weighted by atomic mass is 32.2. The highest BCUT2D eigenvalue weighted by Crippen LogP contribution is 2.22. The second kappa shape index (κ2) is 5.19. The van der Waals surface area contributed by atoms with Gasteiger partial charge >= 0.3 is 0 Å². The van der Waals surface area contributed by atoms with Gasteiger partial charge in [0, 0.05) is 0 Å². The number of hydrogen-bond donors (Lipinski definition) is 4. The van der Waals surface area contributed by atoms with E-state index in [1.165, 1.54) is 19.1 Å². The van der Waals surface area contributed by atoms with Gasteiger partial charge in [-0.1, -0.05) is 6.07 Å². The molecular weight excluding hydrogens is 263 g/mol. The number of nitrogen functional groups attached to an aromatic ring is 1. The smallest absolute Gasteiger partial charge is 0.246 e. The van der Waals surface area contributed by atoms with Crippen molar-refractivity contribution in [1.82, 2.24) is 4.72 Å². The maximum atomic E-state index is 13.5. The second-order valence-electron chi connectivity index (χ2n) is 4.14. The second-order valence-corrected chi connectivity index (χ2v) is 5.76. The molecule has 102 valence electrons. The van der Waals surface area contributed by atoms with Crippen molar-refractivity contribution in [3.8, 4) is 0 Å². The molecule has 18 heavy (non-hydrogen) atoms. The molecule has 0 fully saturated rings. The molecule has 8 heteroatoms. The van der Waals surface area contributed by atoms with Crippen molar-refractivity contribution < 1.29 is 23.0 Å². The maximum Gasteiger partial charge on any atom is 0.246 e. The predicted molar refractivity (Wildman–Crippen MR) is 63.7 cm³/mol. The molecule has 6 nitrogen and oxygen atoms in total. The number of nitrogens with one attached hydrogen (secondary N) is 1. The number of halogens is 1. The fourth-order valence-corrected chi connectivity index (χ4v) is 2.88. The van der Waals surface area contributed by atoms with Crippen molar-refractivity contribution in [2.24, 2.45) is 0 Å². The Bertz CT molecular complexity index is 508. The first-order valence-corrected chi connectivity index (χ1v) is 6.54. The van der Waals surface area contributed by atoms with Crippen LogP contribution in [0.1, 0.15) is 6.92 Å². The first-order valence-electron chi connectivity index (χ1n) is 5.05. The lowest BCUT2D eigenvalue weighted by molar-refractivity contribution is 0.121. The van der Waals surface area contributed by atoms with E-state index in [-0.39, 0.29) is 5.69 Å². The Balaban J connectivity index is 3.23. The normalized spacial score (nSPS) is 12.7. The van der Waals surface area contributed by atoms with Gasteiger partial charge in [-0.05, 0) is 19.1 Å². The van der Waals surface area contributed by atoms with Gasteiger partial charge < -0.3 is 15.9 Å². The van der Waals surface area contributed by atoms with Crippen molar-refractivity contribution in [3.05, 3.63) is 24.0 Å². The van der Waals surface area contributed by atoms with Gasteiger partial charge in [0.2, 0.25) is 10.0 Å². The van der Waals surface area contributed by atoms with Gasteiger partial charge in [-0.25, -0.2) is 17.5 Å². The number of nitrogens with two attached hydrogens (primary N) is 1. The third kappa shape index (κ3) is 2.96. The number of sulfonamides is 1. The fraction of sp³-hybridized carbons (Fsp3) is 0.400. The summed E-state index contributed by atoms with van der Waals surface area (Å²) < 4.78 is 39.4. The highest BCUT2D eigenvalue weighted by molar-refractivity contribution is 7.89. The van der Waals surface area contributed by atoms with E-state index in [0.717, 1.165) is 6.07 Å². The van der Waals surface area contributed by atoms with Crippen LogP contribution >= 0.6 is 0 Å². The van der Waals surface area contributed by atoms with Gasteiger partial charge in [-0.15, -0.1) is 0 Å². The number of rotatable bonds is 5. The van der Waals surface area contributed by atoms with Crippen molar-refractivity contribution in [2.75, 3.05) is 18.9 Å². The van der Waals surface area contributed by atoms with E-state index in [4.69, 9.17) is 15.9 Å². The van der Waals surface area contributed by atoms with Crippen LogP contribution in [-0.4, -0.2) is 37.4 Å². The Morgan fingerprint density at radius 2 is 1.94 bits per heavy atom. The zero-order chi connectivity index (χ0) is 14.0. The first-order chi connectivity index (χ1) is 8.25. The minimum Gasteiger partial charge on any atom is -0.398 e. The Hall–Kier alpha value is -1.22. The summed E-state index contributed by atoms with van der Waals surface area (Å²) in [7, 11) is -4.27. The van der Waals surface area contributed by atoms with E-state index >= 15 is 0 Å². The molecule has 0 saturated heterocycles. The van der Waals surface area contributed by atoms with Crippen LogP contribution in [0.4, 0.5) is 10.1 Å². The molecule has 0 bridgehead atoms. The van der Waals surface area contributed by atoms with Gasteiger partial charge in [0.15, 0.2) is 0 Å². The summed E-state index contributed by atoms with van der Waals surface area (Å²) in [5.41, 5.74) is 3.68. The number of anilines is 1. The molecule has 0 saturated carbocycles. The first kappa shape index (κ1) is 14.8. The maximum absolute atomic E-state index is 13.5. The quantitative estimate of drug-likeness (QED) is 0.539. The summed E-state index contributed by atoms with van der Waals surface area (Å²) in [4.78, 5) is -0.696. The molecule has 1 aromatic carbocycles. The molecule has 0 aliphatic carbocycles. The van der Waals surface area contributed by atoms with Gasteiger partial charge in [0.25, 0.3) is 0 Å². The molecule has 1 aromatic rings. The van der Waals surface area contributed by atoms with E-state index < -0.39 is 39.5 Å². The van der Waals surface area contributed by atoms with Crippen molar-refractivity contribution >= 4 is 15.7 Å². The summed E-state index contributed by atoms with van der Waals surface area (Å²) in [6.07, 6.45) is 0. The molecule has 1 rings (SSSR count). The number of hydrogen-bond acceptors (Lipinski definition) is 5. The van der Waals surface area contributed by atoms with Crippen LogP contribution in [-0.2, 0) is 10.0 Å². The number of benzene rings is 1. The molecule has 0 atom stereocenters. The van der Waals surface area contributed by atoms with Gasteiger partial charge in [0.05, 0.1) is 24.4 Å². The fourth-order valence-electron chi connectivity index (χ4n) is 1.30. The Kier molecular flexibility index (Phi) is 4.28. The Morgan fingerprint density at radius 1 is 1.39 bits per heavy atom. The Labute approximate surface area is 104 Å². The van der Waals surface area contributed by atoms with Crippen LogP contribution in [0.15, 0.2) is 23.1 Å². The average Bonchev–Trinajstić information content (AvgIpc) is 2.27. The van der Waals surface area contributed by atoms with Crippen molar-refractivity contribution in [3.63, 3.8) is 0 Å². The van der Waals surface area contributed by atoms with E-state index in [1.54, 1.807) is 0 Å². The van der Waals surface area contributed by atoms with Crippen LogP contribution in [0.25, 0.3) is 0 Å². The molecular formula is C10H15FN2O4S. The predicted octanol–water partition coefficient (Wildman–Crippen LogP) is -0.571. The van der Waals surface area contributed by atoms with E-state index in [0.29, 0.717) is 0 Å². The summed E-state index contributed by atoms with van der Waals surface area (Å²) >= 11 is 0. The molecule has 5 N–H and O–H groups in total. The Morgan fingerprint density at radius 3 is 2.39 bits per heavy atom. The molecule has 0 radical (unpaired) electrons. The van der Waals surface area contributed by atoms with Crippen LogP contribution in [0.3, 0.4) is 0 Å². The third-order valence-corrected chi connectivity index (χ3v) is 4.07. The lowest BCUT2D eigenvalue weighted by Crippen LogP contribution is -2.51. The van der Waals surface area contributed by atoms with Gasteiger partial charge in [0.1, 0.15) is 10.7 Å². The number of aliphatic hydroxyl groups is 2. The molecule has 0 spiro atoms. The zero-order valence-corrected chi connectivity index (χ0v) is 10.5. The zero-order valence-electron chi connectivity index (χ0n) is 9.72. The van der Waals surface area contributed by atoms with Crippen LogP contribution in [0.2, 0.25) is 0 Å². The van der Waals surface area contributed by atoms with Crippen molar-refractivity contribution in [1.29, 1.82) is 0 Å². The van der Waals surface area contributed by atoms with E-state index in [2.05, 4.69) is 0 Å². The van der Waals surface area contributed by atoms with E-state index in [9.17, 15) is 12.8 Å². The molecule has 0 aliphatic heterocycles.